The van der Waals surface area contributed by atoms with Crippen LogP contribution < -0.4 is 5.32 Å². The van der Waals surface area contributed by atoms with Crippen LogP contribution in [0.15, 0.2) is 0 Å². The molecule has 0 spiro atoms. The van der Waals surface area contributed by atoms with E-state index in [4.69, 9.17) is 23.3 Å². The van der Waals surface area contributed by atoms with E-state index < -0.39 is 51.0 Å². The molecule has 0 bridgehead atoms. The fourth-order valence-corrected chi connectivity index (χ4v) is 3.43. The third-order valence-electron chi connectivity index (χ3n) is 4.09. The Labute approximate surface area is 182 Å². The molecule has 1 rings (SSSR count). The van der Waals surface area contributed by atoms with Crippen molar-refractivity contribution in [1.82, 2.24) is 5.32 Å². The summed E-state index contributed by atoms with van der Waals surface area (Å²) < 4.78 is 37.7. The van der Waals surface area contributed by atoms with Crippen molar-refractivity contribution in [3.05, 3.63) is 0 Å². The third kappa shape index (κ3) is 11.2. The van der Waals surface area contributed by atoms with Gasteiger partial charge >= 0.3 is 7.82 Å². The van der Waals surface area contributed by atoms with Gasteiger partial charge in [0.25, 0.3) is 0 Å². The normalized spacial score (nSPS) is 28.8. The smallest absolute Gasteiger partial charge is 0.394 e. The van der Waals surface area contributed by atoms with Gasteiger partial charge in [0.1, 0.15) is 24.4 Å². The molecule has 0 aliphatic carbocycles. The Balaban J connectivity index is 2.37. The van der Waals surface area contributed by atoms with Gasteiger partial charge in [-0.3, -0.25) is 13.8 Å². The van der Waals surface area contributed by atoms with Crippen LogP contribution in [0.3, 0.4) is 0 Å². The first-order valence-electron chi connectivity index (χ1n) is 10.1. The SMILES string of the molecule is CC(=O)N[C@H]1[C@H](OCCOP(=O)(O)OCCCOCC(C)(C)C)O[C@H](CO)[C@H](O)[C@@H]1O. The molecule has 1 amide bonds. The van der Waals surface area contributed by atoms with E-state index in [9.17, 15) is 29.6 Å². The van der Waals surface area contributed by atoms with Gasteiger partial charge in [0, 0.05) is 13.5 Å². The average molecular weight is 473 g/mol. The quantitative estimate of drug-likeness (QED) is 0.173. The molecular formula is C18H36NO11P. The topological polar surface area (TPSA) is 173 Å². The fraction of sp³-hybridized carbons (Fsp3) is 0.944. The highest BCUT2D eigenvalue weighted by Gasteiger charge is 2.45. The van der Waals surface area contributed by atoms with E-state index in [0.29, 0.717) is 19.6 Å². The van der Waals surface area contributed by atoms with E-state index in [1.165, 1.54) is 6.92 Å². The first-order valence-corrected chi connectivity index (χ1v) is 11.6. The summed E-state index contributed by atoms with van der Waals surface area (Å²) in [6.45, 7) is 7.05. The van der Waals surface area contributed by atoms with Crippen molar-refractivity contribution >= 4 is 13.7 Å². The number of ether oxygens (including phenoxy) is 3. The fourth-order valence-electron chi connectivity index (χ4n) is 2.69. The first kappa shape index (κ1) is 28.4. The van der Waals surface area contributed by atoms with E-state index in [-0.39, 0.29) is 25.2 Å². The van der Waals surface area contributed by atoms with Crippen molar-refractivity contribution in [3.8, 4) is 0 Å². The molecule has 0 aromatic heterocycles. The number of hydrogen-bond donors (Lipinski definition) is 5. The molecule has 0 saturated carbocycles. The van der Waals surface area contributed by atoms with E-state index in [1.54, 1.807) is 0 Å². The maximum Gasteiger partial charge on any atom is 0.472 e. The predicted octanol–water partition coefficient (Wildman–Crippen LogP) is -0.467. The Hall–Kier alpha value is -0.660. The summed E-state index contributed by atoms with van der Waals surface area (Å²) in [4.78, 5) is 21.0. The molecule has 1 aliphatic heterocycles. The Kier molecular flexibility index (Phi) is 12.0. The minimum Gasteiger partial charge on any atom is -0.394 e. The molecule has 1 saturated heterocycles. The largest absolute Gasteiger partial charge is 0.472 e. The van der Waals surface area contributed by atoms with Crippen molar-refractivity contribution in [3.63, 3.8) is 0 Å². The van der Waals surface area contributed by atoms with Crippen LogP contribution in [0, 0.1) is 5.41 Å². The third-order valence-corrected chi connectivity index (χ3v) is 5.11. The Morgan fingerprint density at radius 3 is 2.32 bits per heavy atom. The first-order chi connectivity index (χ1) is 14.4. The number of carbonyl (C=O) groups excluding carboxylic acids is 1. The second-order valence-corrected chi connectivity index (χ2v) is 9.86. The molecule has 31 heavy (non-hydrogen) atoms. The van der Waals surface area contributed by atoms with Crippen LogP contribution in [0.2, 0.25) is 0 Å². The molecule has 12 nitrogen and oxygen atoms in total. The number of hydrogen-bond acceptors (Lipinski definition) is 10. The number of aliphatic hydroxyl groups is 3. The van der Waals surface area contributed by atoms with E-state index in [0.717, 1.165) is 0 Å². The highest BCUT2D eigenvalue weighted by molar-refractivity contribution is 7.47. The van der Waals surface area contributed by atoms with Gasteiger partial charge in [-0.1, -0.05) is 20.8 Å². The van der Waals surface area contributed by atoms with Gasteiger partial charge in [-0.2, -0.15) is 0 Å². The predicted molar refractivity (Wildman–Crippen MR) is 108 cm³/mol. The van der Waals surface area contributed by atoms with Gasteiger partial charge in [-0.15, -0.1) is 0 Å². The Morgan fingerprint density at radius 1 is 1.10 bits per heavy atom. The van der Waals surface area contributed by atoms with Crippen LogP contribution in [0.25, 0.3) is 0 Å². The molecule has 1 unspecified atom stereocenters. The van der Waals surface area contributed by atoms with Crippen molar-refractivity contribution in [2.75, 3.05) is 39.6 Å². The summed E-state index contributed by atoms with van der Waals surface area (Å²) in [6, 6.07) is -1.11. The summed E-state index contributed by atoms with van der Waals surface area (Å²) in [5, 5.41) is 31.8. The van der Waals surface area contributed by atoms with Crippen LogP contribution in [0.1, 0.15) is 34.1 Å². The number of amides is 1. The summed E-state index contributed by atoms with van der Waals surface area (Å²) >= 11 is 0. The number of carbonyl (C=O) groups is 1. The molecule has 0 radical (unpaired) electrons. The minimum absolute atomic E-state index is 0.0303. The minimum atomic E-state index is -4.30. The van der Waals surface area contributed by atoms with Crippen molar-refractivity contribution in [2.45, 2.75) is 64.8 Å². The molecule has 5 N–H and O–H groups in total. The van der Waals surface area contributed by atoms with Gasteiger partial charge in [0.2, 0.25) is 5.91 Å². The summed E-state index contributed by atoms with van der Waals surface area (Å²) in [7, 11) is -4.30. The summed E-state index contributed by atoms with van der Waals surface area (Å²) in [5.41, 5.74) is 0.0303. The molecule has 0 aromatic rings. The maximum absolute atomic E-state index is 11.9. The highest BCUT2D eigenvalue weighted by atomic mass is 31.2. The van der Waals surface area contributed by atoms with E-state index >= 15 is 0 Å². The molecule has 1 heterocycles. The van der Waals surface area contributed by atoms with Gasteiger partial charge in [0.15, 0.2) is 6.29 Å². The van der Waals surface area contributed by atoms with Crippen LogP contribution in [-0.4, -0.2) is 96.4 Å². The van der Waals surface area contributed by atoms with Crippen LogP contribution in [-0.2, 0) is 32.6 Å². The highest BCUT2D eigenvalue weighted by Crippen LogP contribution is 2.43. The average Bonchev–Trinajstić information content (AvgIpc) is 2.65. The van der Waals surface area contributed by atoms with Gasteiger partial charge in [-0.25, -0.2) is 4.57 Å². The number of aliphatic hydroxyl groups excluding tert-OH is 3. The molecule has 13 heteroatoms. The summed E-state index contributed by atoms with van der Waals surface area (Å²) in [6.07, 6.45) is -4.82. The zero-order valence-corrected chi connectivity index (χ0v) is 19.3. The van der Waals surface area contributed by atoms with Gasteiger partial charge in [0.05, 0.1) is 33.0 Å². The van der Waals surface area contributed by atoms with Gasteiger partial charge in [-0.05, 0) is 11.8 Å². The molecular weight excluding hydrogens is 437 g/mol. The lowest BCUT2D eigenvalue weighted by molar-refractivity contribution is -0.271. The zero-order valence-electron chi connectivity index (χ0n) is 18.4. The molecule has 1 aliphatic rings. The second-order valence-electron chi connectivity index (χ2n) is 8.41. The van der Waals surface area contributed by atoms with Crippen LogP contribution in [0.4, 0.5) is 0 Å². The molecule has 0 aromatic carbocycles. The van der Waals surface area contributed by atoms with Crippen LogP contribution >= 0.6 is 7.82 Å². The van der Waals surface area contributed by atoms with Crippen molar-refractivity contribution < 1.29 is 52.8 Å². The van der Waals surface area contributed by atoms with Crippen LogP contribution in [0.5, 0.6) is 0 Å². The number of rotatable bonds is 13. The Morgan fingerprint density at radius 2 is 1.74 bits per heavy atom. The molecule has 1 fully saturated rings. The van der Waals surface area contributed by atoms with E-state index in [2.05, 4.69) is 5.32 Å². The zero-order chi connectivity index (χ0) is 23.7. The molecule has 184 valence electrons. The molecule has 6 atom stereocenters. The lowest BCUT2D eigenvalue weighted by Crippen LogP contribution is -2.64. The lowest BCUT2D eigenvalue weighted by Gasteiger charge is -2.42. The van der Waals surface area contributed by atoms with Crippen molar-refractivity contribution in [2.24, 2.45) is 5.41 Å². The standard InChI is InChI=1S/C18H36NO11P/c1-12(21)19-14-16(23)15(22)13(10-20)30-17(14)27-8-9-29-31(24,25)28-7-5-6-26-11-18(2,3)4/h13-17,20,22-23H,5-11H2,1-4H3,(H,19,21)(H,24,25)/t13-,14-,15+,16-,17-/m1/s1. The number of phosphoric acid groups is 1. The Bertz CT molecular complexity index is 585. The number of nitrogens with one attached hydrogen (secondary N) is 1. The monoisotopic (exact) mass is 473 g/mol. The van der Waals surface area contributed by atoms with Crippen molar-refractivity contribution in [1.29, 1.82) is 0 Å². The lowest BCUT2D eigenvalue weighted by atomic mass is 9.97. The maximum atomic E-state index is 11.9. The number of phosphoric ester groups is 1. The summed E-state index contributed by atoms with van der Waals surface area (Å²) in [5.74, 6) is -0.494. The van der Waals surface area contributed by atoms with E-state index in [1.807, 2.05) is 20.8 Å². The van der Waals surface area contributed by atoms with Gasteiger partial charge < -0.3 is 39.7 Å². The second kappa shape index (κ2) is 13.1.